The van der Waals surface area contributed by atoms with Crippen molar-refractivity contribution in [1.82, 2.24) is 9.80 Å². The summed E-state index contributed by atoms with van der Waals surface area (Å²) in [5.74, 6) is -0.0215. The number of fused-ring (bicyclic) bond motifs is 7. The van der Waals surface area contributed by atoms with Crippen molar-refractivity contribution in [2.24, 2.45) is 0 Å². The highest BCUT2D eigenvalue weighted by atomic mass is 32.2. The zero-order valence-corrected chi connectivity index (χ0v) is 20.9. The first-order chi connectivity index (χ1) is 17.1. The number of ether oxygens (including phenoxy) is 2. The van der Waals surface area contributed by atoms with Crippen LogP contribution in [0.2, 0.25) is 0 Å². The second-order valence-electron chi connectivity index (χ2n) is 8.96. The van der Waals surface area contributed by atoms with Gasteiger partial charge in [-0.05, 0) is 38.4 Å². The van der Waals surface area contributed by atoms with Gasteiger partial charge in [-0.1, -0.05) is 12.2 Å². The van der Waals surface area contributed by atoms with Gasteiger partial charge in [-0.2, -0.15) is 8.42 Å². The van der Waals surface area contributed by atoms with E-state index in [1.54, 1.807) is 18.2 Å². The summed E-state index contributed by atoms with van der Waals surface area (Å²) in [7, 11) is 0.171. The first-order valence-corrected chi connectivity index (χ1v) is 13.2. The minimum Gasteiger partial charge on any atom is -0.491 e. The summed E-state index contributed by atoms with van der Waals surface area (Å²) < 4.78 is 39.1. The number of nitrogens with zero attached hydrogens (tertiary/aromatic N) is 2. The van der Waals surface area contributed by atoms with Crippen molar-refractivity contribution in [2.75, 3.05) is 46.7 Å². The molecule has 2 amide bonds. The highest BCUT2D eigenvalue weighted by molar-refractivity contribution is 7.85. The third-order valence-corrected chi connectivity index (χ3v) is 6.66. The van der Waals surface area contributed by atoms with Gasteiger partial charge >= 0.3 is 0 Å². The fraction of sp³-hybridized carbons (Fsp3) is 0.320. The Morgan fingerprint density at radius 1 is 1.08 bits per heavy atom. The number of likely N-dealkylation sites (N-methyl/N-ethyl adjacent to an activating group) is 1. The fourth-order valence-corrected chi connectivity index (χ4v) is 4.79. The van der Waals surface area contributed by atoms with Gasteiger partial charge in [0.2, 0.25) is 17.6 Å². The summed E-state index contributed by atoms with van der Waals surface area (Å²) in [6, 6.07) is 5.20. The molecule has 1 aliphatic carbocycles. The molecule has 0 saturated heterocycles. The SMILES string of the molecule is CN(C)CCN1C(=O)c2c3c(c4ccc(OCCOS(C)(=O)=O)cc4c2C1=O)[NH+]=C1C=CC=CC1O3. The van der Waals surface area contributed by atoms with E-state index in [1.807, 2.05) is 43.3 Å². The standard InChI is InChI=1S/C25H25N3O7S/c1-27(2)10-11-28-24(29)20-17-14-15(33-12-13-34-36(3,31)32)8-9-16(17)22-23(21(20)25(28)30)35-19-7-5-4-6-18(19)26-22/h4-9,14,19H,10-13H2,1-3H3/p+1. The number of carbonyl (C=O) groups excluding carboxylic acids is 2. The number of imide groups is 1. The quantitative estimate of drug-likeness (QED) is 0.307. The average Bonchev–Trinajstić information content (AvgIpc) is 3.08. The van der Waals surface area contributed by atoms with E-state index in [0.29, 0.717) is 34.5 Å². The molecule has 10 nitrogen and oxygen atoms in total. The second kappa shape index (κ2) is 9.16. The summed E-state index contributed by atoms with van der Waals surface area (Å²) in [6.07, 6.45) is 8.13. The highest BCUT2D eigenvalue weighted by Crippen LogP contribution is 2.44. The van der Waals surface area contributed by atoms with Crippen LogP contribution in [0, 0.1) is 0 Å². The van der Waals surface area contributed by atoms with Crippen LogP contribution < -0.4 is 14.5 Å². The molecular weight excluding hydrogens is 486 g/mol. The van der Waals surface area contributed by atoms with Crippen LogP contribution in [0.4, 0.5) is 5.69 Å². The maximum atomic E-state index is 13.5. The molecule has 0 fully saturated rings. The maximum absolute atomic E-state index is 13.5. The molecule has 0 bridgehead atoms. The molecule has 0 aromatic heterocycles. The Kier molecular flexibility index (Phi) is 6.15. The zero-order valence-electron chi connectivity index (χ0n) is 20.1. The van der Waals surface area contributed by atoms with Gasteiger partial charge in [0.25, 0.3) is 27.6 Å². The number of carbonyl (C=O) groups is 2. The Balaban J connectivity index is 1.61. The van der Waals surface area contributed by atoms with Crippen LogP contribution in [-0.4, -0.2) is 88.5 Å². The fourth-order valence-electron chi connectivity index (χ4n) is 4.42. The Labute approximate surface area is 208 Å². The predicted molar refractivity (Wildman–Crippen MR) is 132 cm³/mol. The molecule has 0 saturated carbocycles. The van der Waals surface area contributed by atoms with E-state index in [-0.39, 0.29) is 42.9 Å². The van der Waals surface area contributed by atoms with Crippen molar-refractivity contribution in [1.29, 1.82) is 0 Å². The monoisotopic (exact) mass is 512 g/mol. The molecule has 3 aliphatic rings. The minimum atomic E-state index is -3.58. The lowest BCUT2D eigenvalue weighted by Crippen LogP contribution is -2.71. The lowest BCUT2D eigenvalue weighted by Gasteiger charge is -2.22. The Morgan fingerprint density at radius 3 is 2.61 bits per heavy atom. The number of hydrogen-bond acceptors (Lipinski definition) is 8. The molecule has 0 radical (unpaired) electrons. The molecule has 1 N–H and O–H groups in total. The zero-order chi connectivity index (χ0) is 25.6. The minimum absolute atomic E-state index is 0.00829. The third kappa shape index (κ3) is 4.41. The molecule has 2 heterocycles. The summed E-state index contributed by atoms with van der Waals surface area (Å²) in [4.78, 5) is 33.6. The molecule has 2 aliphatic heterocycles. The van der Waals surface area contributed by atoms with Gasteiger partial charge in [-0.3, -0.25) is 18.7 Å². The van der Waals surface area contributed by atoms with E-state index in [2.05, 4.69) is 4.99 Å². The molecule has 0 spiro atoms. The Morgan fingerprint density at radius 2 is 1.86 bits per heavy atom. The number of allylic oxidation sites excluding steroid dienone is 2. The molecule has 2 aromatic rings. The van der Waals surface area contributed by atoms with Crippen molar-refractivity contribution in [3.63, 3.8) is 0 Å². The first-order valence-electron chi connectivity index (χ1n) is 11.4. The summed E-state index contributed by atoms with van der Waals surface area (Å²) in [5.41, 5.74) is 1.93. The highest BCUT2D eigenvalue weighted by Gasteiger charge is 2.45. The molecule has 36 heavy (non-hydrogen) atoms. The second-order valence-corrected chi connectivity index (χ2v) is 10.6. The molecule has 5 rings (SSSR count). The molecule has 1 atom stereocenters. The summed E-state index contributed by atoms with van der Waals surface area (Å²) in [6.45, 7) is 0.606. The van der Waals surface area contributed by atoms with Gasteiger partial charge in [-0.25, -0.2) is 4.99 Å². The first kappa shape index (κ1) is 24.2. The van der Waals surface area contributed by atoms with Gasteiger partial charge in [0, 0.05) is 24.6 Å². The van der Waals surface area contributed by atoms with Crippen molar-refractivity contribution >= 4 is 44.1 Å². The van der Waals surface area contributed by atoms with E-state index in [4.69, 9.17) is 13.7 Å². The number of nitrogens with one attached hydrogen (secondary N) is 1. The van der Waals surface area contributed by atoms with Crippen LogP contribution >= 0.6 is 0 Å². The molecule has 1 unspecified atom stereocenters. The van der Waals surface area contributed by atoms with E-state index in [0.717, 1.165) is 12.0 Å². The lowest BCUT2D eigenvalue weighted by atomic mass is 9.95. The summed E-state index contributed by atoms with van der Waals surface area (Å²) in [5, 5.41) is 1.24. The predicted octanol–water partition coefficient (Wildman–Crippen LogP) is 0.393. The van der Waals surface area contributed by atoms with Crippen LogP contribution in [0.3, 0.4) is 0 Å². The van der Waals surface area contributed by atoms with Crippen LogP contribution in [0.25, 0.3) is 10.8 Å². The topological polar surface area (TPSA) is 116 Å². The van der Waals surface area contributed by atoms with Crippen LogP contribution in [0.5, 0.6) is 11.5 Å². The number of benzene rings is 2. The van der Waals surface area contributed by atoms with Crippen molar-refractivity contribution in [3.8, 4) is 11.5 Å². The van der Waals surface area contributed by atoms with Gasteiger partial charge in [0.1, 0.15) is 24.5 Å². The molecular formula is C25H26N3O7S+. The largest absolute Gasteiger partial charge is 0.491 e. The number of rotatable bonds is 8. The van der Waals surface area contributed by atoms with Crippen molar-refractivity contribution in [3.05, 3.63) is 53.6 Å². The van der Waals surface area contributed by atoms with Gasteiger partial charge in [0.05, 0.1) is 17.2 Å². The molecule has 188 valence electrons. The van der Waals surface area contributed by atoms with E-state index < -0.39 is 16.0 Å². The van der Waals surface area contributed by atoms with Crippen molar-refractivity contribution < 1.29 is 36.7 Å². The smallest absolute Gasteiger partial charge is 0.265 e. The normalized spacial score (nSPS) is 18.3. The van der Waals surface area contributed by atoms with Crippen LogP contribution in [-0.2, 0) is 14.3 Å². The van der Waals surface area contributed by atoms with Gasteiger partial charge in [0.15, 0.2) is 0 Å². The Hall–Kier alpha value is -3.54. The Bertz CT molecular complexity index is 1470. The van der Waals surface area contributed by atoms with E-state index in [1.165, 1.54) is 4.90 Å². The third-order valence-electron chi connectivity index (χ3n) is 6.07. The number of hydrogen-bond donors (Lipinski definition) is 1. The van der Waals surface area contributed by atoms with Gasteiger partial charge in [-0.15, -0.1) is 0 Å². The molecule has 11 heteroatoms. The lowest BCUT2D eigenvalue weighted by molar-refractivity contribution is -0.360. The van der Waals surface area contributed by atoms with Crippen molar-refractivity contribution in [2.45, 2.75) is 6.10 Å². The van der Waals surface area contributed by atoms with Gasteiger partial charge < -0.3 is 14.4 Å². The number of amides is 2. The molecule has 2 aromatic carbocycles. The van der Waals surface area contributed by atoms with E-state index >= 15 is 0 Å². The summed E-state index contributed by atoms with van der Waals surface area (Å²) >= 11 is 0. The van der Waals surface area contributed by atoms with Crippen LogP contribution in [0.1, 0.15) is 20.7 Å². The van der Waals surface area contributed by atoms with Crippen LogP contribution in [0.15, 0.2) is 42.5 Å². The average molecular weight is 513 g/mol. The maximum Gasteiger partial charge on any atom is 0.265 e. The van der Waals surface area contributed by atoms with E-state index in [9.17, 15) is 18.0 Å².